The number of carbonyl (C=O) groups is 1. The number of amides is 1. The molecule has 0 radical (unpaired) electrons. The topological polar surface area (TPSA) is 49.3 Å². The van der Waals surface area contributed by atoms with Crippen molar-refractivity contribution in [2.24, 2.45) is 5.92 Å². The van der Waals surface area contributed by atoms with Crippen LogP contribution in [0.4, 0.5) is 0 Å². The van der Waals surface area contributed by atoms with Crippen LogP contribution in [0.1, 0.15) is 47.5 Å². The number of aliphatic hydroxyl groups excluding tert-OH is 1. The molecule has 0 spiro atoms. The molecule has 1 amide bonds. The molecule has 1 aliphatic carbocycles. The van der Waals surface area contributed by atoms with E-state index in [2.05, 4.69) is 5.32 Å². The maximum absolute atomic E-state index is 12.2. The molecule has 2 rings (SSSR count). The van der Waals surface area contributed by atoms with Crippen LogP contribution in [-0.2, 0) is 12.8 Å². The molecule has 0 saturated heterocycles. The molecule has 2 N–H and O–H groups in total. The fraction of sp³-hybridized carbons (Fsp3) is 0.643. The van der Waals surface area contributed by atoms with Crippen LogP contribution >= 0.6 is 11.3 Å². The second-order valence-corrected chi connectivity index (χ2v) is 6.23. The lowest BCUT2D eigenvalue weighted by Gasteiger charge is -2.20. The molecule has 18 heavy (non-hydrogen) atoms. The number of nitrogens with one attached hydrogen (secondary N) is 1. The Bertz CT molecular complexity index is 425. The average Bonchev–Trinajstić information content (AvgIpc) is 2.79. The first-order valence-electron chi connectivity index (χ1n) is 6.64. The summed E-state index contributed by atoms with van der Waals surface area (Å²) in [4.78, 5) is 13.6. The normalized spacial score (nSPS) is 16.4. The van der Waals surface area contributed by atoms with E-state index in [1.807, 2.05) is 19.2 Å². The fourth-order valence-electron chi connectivity index (χ4n) is 2.35. The van der Waals surface area contributed by atoms with Crippen LogP contribution < -0.4 is 5.32 Å². The summed E-state index contributed by atoms with van der Waals surface area (Å²) >= 11 is 1.70. The highest BCUT2D eigenvalue weighted by Gasteiger charge is 2.22. The molecule has 1 aliphatic rings. The molecular formula is C14H21NO2S. The van der Waals surface area contributed by atoms with Gasteiger partial charge >= 0.3 is 0 Å². The van der Waals surface area contributed by atoms with E-state index >= 15 is 0 Å². The smallest absolute Gasteiger partial charge is 0.252 e. The van der Waals surface area contributed by atoms with Crippen LogP contribution in [0, 0.1) is 5.92 Å². The van der Waals surface area contributed by atoms with Crippen LogP contribution in [0.2, 0.25) is 0 Å². The quantitative estimate of drug-likeness (QED) is 0.880. The zero-order chi connectivity index (χ0) is 13.1. The molecule has 0 aromatic carbocycles. The Labute approximate surface area is 112 Å². The Morgan fingerprint density at radius 2 is 2.17 bits per heavy atom. The highest BCUT2D eigenvalue weighted by Crippen LogP contribution is 2.30. The molecule has 4 heteroatoms. The molecule has 0 bridgehead atoms. The minimum absolute atomic E-state index is 0.00423. The first-order valence-corrected chi connectivity index (χ1v) is 7.52. The minimum atomic E-state index is -0.156. The first kappa shape index (κ1) is 13.6. The number of carbonyl (C=O) groups excluding carboxylic acids is 1. The van der Waals surface area contributed by atoms with Crippen molar-refractivity contribution < 1.29 is 9.90 Å². The molecular weight excluding hydrogens is 246 g/mol. The van der Waals surface area contributed by atoms with Gasteiger partial charge in [-0.1, -0.05) is 13.8 Å². The second kappa shape index (κ2) is 5.85. The molecule has 1 aromatic heterocycles. The molecule has 0 fully saturated rings. The third-order valence-corrected chi connectivity index (χ3v) is 4.71. The Morgan fingerprint density at radius 3 is 2.83 bits per heavy atom. The zero-order valence-corrected chi connectivity index (χ0v) is 11.8. The van der Waals surface area contributed by atoms with E-state index in [4.69, 9.17) is 0 Å². The molecule has 1 unspecified atom stereocenters. The monoisotopic (exact) mass is 267 g/mol. The van der Waals surface area contributed by atoms with Crippen molar-refractivity contribution in [1.82, 2.24) is 5.32 Å². The summed E-state index contributed by atoms with van der Waals surface area (Å²) in [5.41, 5.74) is 2.07. The number of hydrogen-bond acceptors (Lipinski definition) is 3. The predicted octanol–water partition coefficient (Wildman–Crippen LogP) is 2.37. The van der Waals surface area contributed by atoms with Gasteiger partial charge in [-0.2, -0.15) is 0 Å². The Kier molecular flexibility index (Phi) is 4.40. The number of rotatable bonds is 4. The highest BCUT2D eigenvalue weighted by molar-refractivity contribution is 7.10. The third kappa shape index (κ3) is 2.75. The summed E-state index contributed by atoms with van der Waals surface area (Å²) < 4.78 is 0. The number of aryl methyl sites for hydroxylation is 1. The molecule has 0 saturated carbocycles. The van der Waals surface area contributed by atoms with Gasteiger partial charge in [-0.3, -0.25) is 4.79 Å². The lowest BCUT2D eigenvalue weighted by Crippen LogP contribution is -2.41. The largest absolute Gasteiger partial charge is 0.394 e. The van der Waals surface area contributed by atoms with Gasteiger partial charge in [0.15, 0.2) is 0 Å². The third-order valence-electron chi connectivity index (χ3n) is 3.62. The fourth-order valence-corrected chi connectivity index (χ4v) is 3.48. The van der Waals surface area contributed by atoms with Crippen molar-refractivity contribution in [1.29, 1.82) is 0 Å². The Morgan fingerprint density at radius 1 is 1.44 bits per heavy atom. The van der Waals surface area contributed by atoms with Crippen molar-refractivity contribution in [3.63, 3.8) is 0 Å². The maximum atomic E-state index is 12.2. The summed E-state index contributed by atoms with van der Waals surface area (Å²) in [5.74, 6) is 0.218. The Hall–Kier alpha value is -0.870. The van der Waals surface area contributed by atoms with Crippen LogP contribution in [0.25, 0.3) is 0 Å². The van der Waals surface area contributed by atoms with Gasteiger partial charge in [-0.25, -0.2) is 0 Å². The summed E-state index contributed by atoms with van der Waals surface area (Å²) in [6.45, 7) is 4.00. The van der Waals surface area contributed by atoms with E-state index in [0.717, 1.165) is 18.4 Å². The van der Waals surface area contributed by atoms with Crippen LogP contribution in [0.3, 0.4) is 0 Å². The Balaban J connectivity index is 2.11. The van der Waals surface area contributed by atoms with E-state index in [9.17, 15) is 9.90 Å². The maximum Gasteiger partial charge on any atom is 0.252 e. The lowest BCUT2D eigenvalue weighted by atomic mass is 9.95. The predicted molar refractivity (Wildman–Crippen MR) is 74.1 cm³/mol. The number of fused-ring (bicyclic) bond motifs is 1. The summed E-state index contributed by atoms with van der Waals surface area (Å²) in [5, 5.41) is 14.2. The SMILES string of the molecule is CC(C)C(CO)NC(=O)c1csc2c1CCCC2. The zero-order valence-electron chi connectivity index (χ0n) is 11.0. The standard InChI is InChI=1S/C14H21NO2S/c1-9(2)12(7-16)15-14(17)11-8-18-13-6-4-3-5-10(11)13/h8-9,12,16H,3-7H2,1-2H3,(H,15,17). The number of aliphatic hydroxyl groups is 1. The van der Waals surface area contributed by atoms with Crippen molar-refractivity contribution in [2.75, 3.05) is 6.61 Å². The summed E-state index contributed by atoms with van der Waals surface area (Å²) in [7, 11) is 0. The molecule has 1 heterocycles. The van der Waals surface area contributed by atoms with Crippen molar-refractivity contribution in [2.45, 2.75) is 45.6 Å². The van der Waals surface area contributed by atoms with E-state index < -0.39 is 0 Å². The van der Waals surface area contributed by atoms with Gasteiger partial charge in [0, 0.05) is 10.3 Å². The van der Waals surface area contributed by atoms with Crippen molar-refractivity contribution >= 4 is 17.2 Å². The van der Waals surface area contributed by atoms with Gasteiger partial charge < -0.3 is 10.4 Å². The summed E-state index contributed by atoms with van der Waals surface area (Å²) in [6.07, 6.45) is 4.55. The number of thiophene rings is 1. The first-order chi connectivity index (χ1) is 8.63. The molecule has 100 valence electrons. The minimum Gasteiger partial charge on any atom is -0.394 e. The molecule has 0 aliphatic heterocycles. The lowest BCUT2D eigenvalue weighted by molar-refractivity contribution is 0.0896. The molecule has 3 nitrogen and oxygen atoms in total. The van der Waals surface area contributed by atoms with Gasteiger partial charge in [0.2, 0.25) is 0 Å². The molecule has 1 aromatic rings. The summed E-state index contributed by atoms with van der Waals surface area (Å²) in [6, 6.07) is -0.156. The second-order valence-electron chi connectivity index (χ2n) is 5.26. The van der Waals surface area contributed by atoms with Crippen LogP contribution in [-0.4, -0.2) is 23.7 Å². The van der Waals surface area contributed by atoms with Gasteiger partial charge in [-0.05, 0) is 37.2 Å². The van der Waals surface area contributed by atoms with E-state index in [1.165, 1.54) is 23.3 Å². The van der Waals surface area contributed by atoms with E-state index in [0.29, 0.717) is 0 Å². The number of hydrogen-bond donors (Lipinski definition) is 2. The van der Waals surface area contributed by atoms with Crippen LogP contribution in [0.15, 0.2) is 5.38 Å². The van der Waals surface area contributed by atoms with Gasteiger partial charge in [0.05, 0.1) is 18.2 Å². The highest BCUT2D eigenvalue weighted by atomic mass is 32.1. The van der Waals surface area contributed by atoms with Crippen molar-refractivity contribution in [3.05, 3.63) is 21.4 Å². The van der Waals surface area contributed by atoms with Gasteiger partial charge in [0.25, 0.3) is 5.91 Å². The van der Waals surface area contributed by atoms with Crippen molar-refractivity contribution in [3.8, 4) is 0 Å². The van der Waals surface area contributed by atoms with Gasteiger partial charge in [0.1, 0.15) is 0 Å². The average molecular weight is 267 g/mol. The van der Waals surface area contributed by atoms with Gasteiger partial charge in [-0.15, -0.1) is 11.3 Å². The van der Waals surface area contributed by atoms with Crippen LogP contribution in [0.5, 0.6) is 0 Å². The van der Waals surface area contributed by atoms with E-state index in [1.54, 1.807) is 11.3 Å². The van der Waals surface area contributed by atoms with E-state index in [-0.39, 0.29) is 24.5 Å². The molecule has 1 atom stereocenters.